The van der Waals surface area contributed by atoms with Gasteiger partial charge in [-0.05, 0) is 31.1 Å². The van der Waals surface area contributed by atoms with Crippen LogP contribution in [0.1, 0.15) is 32.6 Å². The van der Waals surface area contributed by atoms with E-state index in [-0.39, 0.29) is 0 Å². The summed E-state index contributed by atoms with van der Waals surface area (Å²) in [6, 6.07) is 0. The highest BCUT2D eigenvalue weighted by Gasteiger charge is 2.26. The van der Waals surface area contributed by atoms with E-state index in [0.29, 0.717) is 0 Å². The van der Waals surface area contributed by atoms with Gasteiger partial charge in [-0.1, -0.05) is 13.3 Å². The van der Waals surface area contributed by atoms with Crippen LogP contribution in [0.15, 0.2) is 0 Å². The van der Waals surface area contributed by atoms with Crippen LogP contribution < -0.4 is 0 Å². The molecule has 0 radical (unpaired) electrons. The maximum Gasteiger partial charge on any atom is 0.0464 e. The minimum atomic E-state index is 0.959. The third kappa shape index (κ3) is 1.98. The first kappa shape index (κ1) is 8.06. The van der Waals surface area contributed by atoms with Crippen molar-refractivity contribution in [3.05, 3.63) is 0 Å². The smallest absolute Gasteiger partial charge is 0.0464 e. The molecule has 1 heteroatoms. The Morgan fingerprint density at radius 1 is 1.30 bits per heavy atom. The van der Waals surface area contributed by atoms with Crippen molar-refractivity contribution in [2.45, 2.75) is 32.6 Å². The summed E-state index contributed by atoms with van der Waals surface area (Å²) in [7, 11) is 1.79. The summed E-state index contributed by atoms with van der Waals surface area (Å²) in [5.41, 5.74) is 0. The molecule has 0 N–H and O–H groups in total. The Morgan fingerprint density at radius 3 is 2.50 bits per heavy atom. The molecule has 1 saturated carbocycles. The zero-order valence-electron chi connectivity index (χ0n) is 7.10. The fraction of sp³-hybridized carbons (Fsp3) is 1.00. The maximum atomic E-state index is 5.02. The van der Waals surface area contributed by atoms with E-state index in [4.69, 9.17) is 4.74 Å². The van der Waals surface area contributed by atoms with Gasteiger partial charge in [0.15, 0.2) is 0 Å². The first-order valence-electron chi connectivity index (χ1n) is 4.35. The highest BCUT2D eigenvalue weighted by Crippen LogP contribution is 2.37. The average molecular weight is 142 g/mol. The molecule has 10 heavy (non-hydrogen) atoms. The van der Waals surface area contributed by atoms with Gasteiger partial charge in [0.2, 0.25) is 0 Å². The normalized spacial score (nSPS) is 31.8. The molecule has 1 nitrogen and oxygen atoms in total. The lowest BCUT2D eigenvalue weighted by atomic mass is 9.72. The predicted octanol–water partition coefficient (Wildman–Crippen LogP) is 2.46. The van der Waals surface area contributed by atoms with Gasteiger partial charge < -0.3 is 4.74 Å². The lowest BCUT2D eigenvalue weighted by Gasteiger charge is -2.34. The lowest BCUT2D eigenvalue weighted by molar-refractivity contribution is 0.117. The SMILES string of the molecule is CCC1CC(CCOC)C1. The predicted molar refractivity (Wildman–Crippen MR) is 43.0 cm³/mol. The van der Waals surface area contributed by atoms with E-state index in [2.05, 4.69) is 6.92 Å². The summed E-state index contributed by atoms with van der Waals surface area (Å²) >= 11 is 0. The van der Waals surface area contributed by atoms with E-state index in [1.54, 1.807) is 7.11 Å². The molecule has 0 atom stereocenters. The van der Waals surface area contributed by atoms with Crippen molar-refractivity contribution >= 4 is 0 Å². The second-order valence-corrected chi connectivity index (χ2v) is 3.39. The first-order chi connectivity index (χ1) is 4.86. The quantitative estimate of drug-likeness (QED) is 0.586. The first-order valence-corrected chi connectivity index (χ1v) is 4.35. The van der Waals surface area contributed by atoms with E-state index >= 15 is 0 Å². The number of hydrogen-bond donors (Lipinski definition) is 0. The number of ether oxygens (including phenoxy) is 1. The molecular weight excluding hydrogens is 124 g/mol. The molecule has 0 aliphatic heterocycles. The second kappa shape index (κ2) is 3.97. The Balaban J connectivity index is 1.93. The van der Waals surface area contributed by atoms with Gasteiger partial charge in [-0.3, -0.25) is 0 Å². The largest absolute Gasteiger partial charge is 0.385 e. The standard InChI is InChI=1S/C9H18O/c1-3-8-6-9(7-8)4-5-10-2/h8-9H,3-7H2,1-2H3. The molecular formula is C9H18O. The summed E-state index contributed by atoms with van der Waals surface area (Å²) in [6.45, 7) is 3.25. The Labute approximate surface area is 63.8 Å². The number of methoxy groups -OCH3 is 1. The van der Waals surface area contributed by atoms with Gasteiger partial charge >= 0.3 is 0 Å². The molecule has 0 saturated heterocycles. The van der Waals surface area contributed by atoms with Crippen LogP contribution in [-0.4, -0.2) is 13.7 Å². The molecule has 0 heterocycles. The van der Waals surface area contributed by atoms with Gasteiger partial charge in [-0.25, -0.2) is 0 Å². The Bertz CT molecular complexity index is 82.0. The van der Waals surface area contributed by atoms with Gasteiger partial charge in [-0.2, -0.15) is 0 Å². The fourth-order valence-corrected chi connectivity index (χ4v) is 1.73. The molecule has 1 aliphatic carbocycles. The monoisotopic (exact) mass is 142 g/mol. The van der Waals surface area contributed by atoms with Gasteiger partial charge in [0.05, 0.1) is 0 Å². The lowest BCUT2D eigenvalue weighted by Crippen LogP contribution is -2.23. The van der Waals surface area contributed by atoms with Gasteiger partial charge in [-0.15, -0.1) is 0 Å². The Morgan fingerprint density at radius 2 is 2.00 bits per heavy atom. The number of rotatable bonds is 4. The van der Waals surface area contributed by atoms with Crippen LogP contribution in [0.3, 0.4) is 0 Å². The summed E-state index contributed by atoms with van der Waals surface area (Å²) in [5, 5.41) is 0. The van der Waals surface area contributed by atoms with Crippen LogP contribution in [0.4, 0.5) is 0 Å². The Kier molecular flexibility index (Phi) is 3.20. The van der Waals surface area contributed by atoms with Crippen LogP contribution in [0.2, 0.25) is 0 Å². The molecule has 0 spiro atoms. The van der Waals surface area contributed by atoms with Crippen molar-refractivity contribution in [2.24, 2.45) is 11.8 Å². The van der Waals surface area contributed by atoms with Crippen LogP contribution >= 0.6 is 0 Å². The molecule has 0 amide bonds. The summed E-state index contributed by atoms with van der Waals surface area (Å²) in [6.07, 6.45) is 5.58. The average Bonchev–Trinajstić information content (AvgIpc) is 1.86. The molecule has 1 rings (SSSR count). The third-order valence-electron chi connectivity index (χ3n) is 2.64. The Hall–Kier alpha value is -0.0400. The molecule has 60 valence electrons. The molecule has 0 unspecified atom stereocenters. The van der Waals surface area contributed by atoms with Crippen molar-refractivity contribution in [1.29, 1.82) is 0 Å². The molecule has 0 aromatic carbocycles. The molecule has 0 bridgehead atoms. The van der Waals surface area contributed by atoms with E-state index in [1.807, 2.05) is 0 Å². The van der Waals surface area contributed by atoms with Crippen molar-refractivity contribution in [1.82, 2.24) is 0 Å². The van der Waals surface area contributed by atoms with Gasteiger partial charge in [0.25, 0.3) is 0 Å². The van der Waals surface area contributed by atoms with Gasteiger partial charge in [0, 0.05) is 13.7 Å². The molecule has 0 aromatic rings. The van der Waals surface area contributed by atoms with Crippen molar-refractivity contribution in [2.75, 3.05) is 13.7 Å². The highest BCUT2D eigenvalue weighted by atomic mass is 16.5. The van der Waals surface area contributed by atoms with Crippen molar-refractivity contribution < 1.29 is 4.74 Å². The van der Waals surface area contributed by atoms with E-state index in [0.717, 1.165) is 18.4 Å². The minimum absolute atomic E-state index is 0.959. The number of hydrogen-bond acceptors (Lipinski definition) is 1. The van der Waals surface area contributed by atoms with Crippen LogP contribution in [0.25, 0.3) is 0 Å². The van der Waals surface area contributed by atoms with E-state index < -0.39 is 0 Å². The molecule has 0 aromatic heterocycles. The highest BCUT2D eigenvalue weighted by molar-refractivity contribution is 4.77. The van der Waals surface area contributed by atoms with Crippen LogP contribution in [0.5, 0.6) is 0 Å². The zero-order valence-corrected chi connectivity index (χ0v) is 7.10. The summed E-state index contributed by atoms with van der Waals surface area (Å²) < 4.78 is 5.02. The summed E-state index contributed by atoms with van der Waals surface area (Å²) in [4.78, 5) is 0. The topological polar surface area (TPSA) is 9.23 Å². The maximum absolute atomic E-state index is 5.02. The summed E-state index contributed by atoms with van der Waals surface area (Å²) in [5.74, 6) is 2.03. The molecule has 1 fully saturated rings. The fourth-order valence-electron chi connectivity index (χ4n) is 1.73. The van der Waals surface area contributed by atoms with E-state index in [1.165, 1.54) is 25.7 Å². The van der Waals surface area contributed by atoms with Gasteiger partial charge in [0.1, 0.15) is 0 Å². The zero-order chi connectivity index (χ0) is 7.40. The minimum Gasteiger partial charge on any atom is -0.385 e. The van der Waals surface area contributed by atoms with Crippen LogP contribution in [0, 0.1) is 11.8 Å². The molecule has 1 aliphatic rings. The van der Waals surface area contributed by atoms with Crippen molar-refractivity contribution in [3.8, 4) is 0 Å². The second-order valence-electron chi connectivity index (χ2n) is 3.39. The van der Waals surface area contributed by atoms with Crippen LogP contribution in [-0.2, 0) is 4.74 Å². The van der Waals surface area contributed by atoms with E-state index in [9.17, 15) is 0 Å². The third-order valence-corrected chi connectivity index (χ3v) is 2.64. The van der Waals surface area contributed by atoms with Crippen molar-refractivity contribution in [3.63, 3.8) is 0 Å².